The molecule has 2 rings (SSSR count). The Balaban J connectivity index is 2.03. The van der Waals surface area contributed by atoms with E-state index in [0.717, 1.165) is 0 Å². The summed E-state index contributed by atoms with van der Waals surface area (Å²) in [6, 6.07) is 8.68. The lowest BCUT2D eigenvalue weighted by atomic mass is 10.1. The van der Waals surface area contributed by atoms with E-state index in [0.29, 0.717) is 5.75 Å². The van der Waals surface area contributed by atoms with Gasteiger partial charge in [-0.2, -0.15) is 0 Å². The first kappa shape index (κ1) is 13.3. The van der Waals surface area contributed by atoms with Crippen LogP contribution in [0, 0.1) is 0 Å². The molecule has 1 saturated heterocycles. The van der Waals surface area contributed by atoms with Crippen molar-refractivity contribution in [3.05, 3.63) is 30.3 Å². The Morgan fingerprint density at radius 2 is 1.83 bits per heavy atom. The summed E-state index contributed by atoms with van der Waals surface area (Å²) in [6.07, 6.45) is -6.00. The second-order valence-electron chi connectivity index (χ2n) is 4.13. The van der Waals surface area contributed by atoms with Gasteiger partial charge in [-0.15, -0.1) is 0 Å². The zero-order valence-corrected chi connectivity index (χ0v) is 9.59. The Labute approximate surface area is 104 Å². The van der Waals surface area contributed by atoms with E-state index in [-0.39, 0.29) is 0 Å². The fourth-order valence-corrected chi connectivity index (χ4v) is 1.82. The van der Waals surface area contributed by atoms with Crippen LogP contribution < -0.4 is 4.74 Å². The zero-order valence-electron chi connectivity index (χ0n) is 9.59. The van der Waals surface area contributed by atoms with Crippen molar-refractivity contribution >= 4 is 0 Å². The first-order valence-corrected chi connectivity index (χ1v) is 5.65. The summed E-state index contributed by atoms with van der Waals surface area (Å²) in [7, 11) is 0. The topological polar surface area (TPSA) is 99.4 Å². The molecular weight excluding hydrogens is 240 g/mol. The van der Waals surface area contributed by atoms with Gasteiger partial charge in [-0.05, 0) is 12.1 Å². The molecule has 1 aliphatic rings. The van der Waals surface area contributed by atoms with Crippen molar-refractivity contribution in [2.45, 2.75) is 30.7 Å². The molecular formula is C12H16O6. The van der Waals surface area contributed by atoms with Gasteiger partial charge in [-0.1, -0.05) is 18.2 Å². The number of hydrogen-bond donors (Lipinski definition) is 4. The maximum absolute atomic E-state index is 9.74. The molecule has 6 heteroatoms. The van der Waals surface area contributed by atoms with Crippen LogP contribution in [0.2, 0.25) is 0 Å². The highest BCUT2D eigenvalue weighted by atomic mass is 16.7. The summed E-state index contributed by atoms with van der Waals surface area (Å²) >= 11 is 0. The van der Waals surface area contributed by atoms with Gasteiger partial charge in [0.2, 0.25) is 6.29 Å². The third-order valence-corrected chi connectivity index (χ3v) is 2.82. The zero-order chi connectivity index (χ0) is 13.1. The average molecular weight is 256 g/mol. The third kappa shape index (κ3) is 2.63. The number of aliphatic hydroxyl groups excluding tert-OH is 4. The van der Waals surface area contributed by atoms with Gasteiger partial charge in [-0.3, -0.25) is 0 Å². The van der Waals surface area contributed by atoms with Gasteiger partial charge in [0.25, 0.3) is 0 Å². The van der Waals surface area contributed by atoms with E-state index in [4.69, 9.17) is 14.6 Å². The molecule has 0 spiro atoms. The van der Waals surface area contributed by atoms with Gasteiger partial charge >= 0.3 is 0 Å². The smallest absolute Gasteiger partial charge is 0.229 e. The molecule has 1 heterocycles. The molecule has 1 aromatic rings. The molecule has 18 heavy (non-hydrogen) atoms. The first-order chi connectivity index (χ1) is 8.63. The van der Waals surface area contributed by atoms with Crippen molar-refractivity contribution in [2.24, 2.45) is 0 Å². The van der Waals surface area contributed by atoms with Gasteiger partial charge in [0.05, 0.1) is 6.61 Å². The molecule has 0 amide bonds. The van der Waals surface area contributed by atoms with E-state index in [1.807, 2.05) is 6.07 Å². The molecule has 4 N–H and O–H groups in total. The maximum atomic E-state index is 9.74. The predicted octanol–water partition coefficient (Wildman–Crippen LogP) is -1.13. The van der Waals surface area contributed by atoms with Crippen LogP contribution in [0.25, 0.3) is 0 Å². The fourth-order valence-electron chi connectivity index (χ4n) is 1.82. The van der Waals surface area contributed by atoms with Gasteiger partial charge in [-0.25, -0.2) is 0 Å². The highest BCUT2D eigenvalue weighted by Crippen LogP contribution is 2.26. The first-order valence-electron chi connectivity index (χ1n) is 5.65. The van der Waals surface area contributed by atoms with Crippen LogP contribution in [0.4, 0.5) is 0 Å². The monoisotopic (exact) mass is 256 g/mol. The van der Waals surface area contributed by atoms with Crippen molar-refractivity contribution in [3.8, 4) is 5.75 Å². The van der Waals surface area contributed by atoms with Crippen LogP contribution in [0.15, 0.2) is 30.3 Å². The van der Waals surface area contributed by atoms with E-state index in [2.05, 4.69) is 0 Å². The molecule has 100 valence electrons. The number of benzene rings is 1. The lowest BCUT2D eigenvalue weighted by molar-refractivity contribution is -0.137. The summed E-state index contributed by atoms with van der Waals surface area (Å²) in [5.41, 5.74) is 0. The highest BCUT2D eigenvalue weighted by Gasteiger charge is 2.47. The van der Waals surface area contributed by atoms with E-state index in [1.54, 1.807) is 24.3 Å². The van der Waals surface area contributed by atoms with E-state index < -0.39 is 37.3 Å². The second kappa shape index (κ2) is 5.64. The highest BCUT2D eigenvalue weighted by molar-refractivity contribution is 5.21. The van der Waals surface area contributed by atoms with Crippen LogP contribution in [-0.2, 0) is 4.74 Å². The quantitative estimate of drug-likeness (QED) is 0.544. The van der Waals surface area contributed by atoms with Crippen molar-refractivity contribution in [1.82, 2.24) is 0 Å². The molecule has 0 bridgehead atoms. The van der Waals surface area contributed by atoms with E-state index in [9.17, 15) is 15.3 Å². The minimum absolute atomic E-state index is 0.480. The summed E-state index contributed by atoms with van der Waals surface area (Å²) in [4.78, 5) is 0. The Kier molecular flexibility index (Phi) is 4.15. The summed E-state index contributed by atoms with van der Waals surface area (Å²) in [6.45, 7) is -0.563. The Morgan fingerprint density at radius 3 is 2.44 bits per heavy atom. The molecule has 0 saturated carbocycles. The molecule has 5 atom stereocenters. The normalized spacial score (nSPS) is 33.3. The SMILES string of the molecule is OC[C@@H](O)[C@H]1O[C@@H](Oc2ccccc2)[C@@H](O)[C@H]1O. The van der Waals surface area contributed by atoms with Crippen molar-refractivity contribution in [3.63, 3.8) is 0 Å². The second-order valence-corrected chi connectivity index (χ2v) is 4.13. The summed E-state index contributed by atoms with van der Waals surface area (Å²) < 4.78 is 10.6. The Bertz CT molecular complexity index is 370. The van der Waals surface area contributed by atoms with Gasteiger partial charge in [0.1, 0.15) is 30.2 Å². The molecule has 1 aromatic carbocycles. The van der Waals surface area contributed by atoms with Gasteiger partial charge < -0.3 is 29.9 Å². The maximum Gasteiger partial charge on any atom is 0.229 e. The third-order valence-electron chi connectivity index (χ3n) is 2.82. The van der Waals surface area contributed by atoms with Gasteiger partial charge in [0, 0.05) is 0 Å². The minimum atomic E-state index is -1.30. The lowest BCUT2D eigenvalue weighted by Crippen LogP contribution is -2.40. The Hall–Kier alpha value is -1.18. The van der Waals surface area contributed by atoms with Crippen LogP contribution >= 0.6 is 0 Å². The van der Waals surface area contributed by atoms with E-state index >= 15 is 0 Å². The van der Waals surface area contributed by atoms with Crippen molar-refractivity contribution < 1.29 is 29.9 Å². The average Bonchev–Trinajstić information content (AvgIpc) is 2.67. The molecule has 0 aliphatic carbocycles. The molecule has 6 nitrogen and oxygen atoms in total. The number of hydrogen-bond acceptors (Lipinski definition) is 6. The van der Waals surface area contributed by atoms with Crippen LogP contribution in [-0.4, -0.2) is 57.7 Å². The largest absolute Gasteiger partial charge is 0.462 e. The number of aliphatic hydroxyl groups is 4. The summed E-state index contributed by atoms with van der Waals surface area (Å²) in [5, 5.41) is 37.7. The van der Waals surface area contributed by atoms with Gasteiger partial charge in [0.15, 0.2) is 0 Å². The van der Waals surface area contributed by atoms with Crippen molar-refractivity contribution in [2.75, 3.05) is 6.61 Å². The molecule has 0 unspecified atom stereocenters. The molecule has 0 radical (unpaired) electrons. The Morgan fingerprint density at radius 1 is 1.17 bits per heavy atom. The van der Waals surface area contributed by atoms with Crippen LogP contribution in [0.1, 0.15) is 0 Å². The minimum Gasteiger partial charge on any atom is -0.462 e. The van der Waals surface area contributed by atoms with E-state index in [1.165, 1.54) is 0 Å². The predicted molar refractivity (Wildman–Crippen MR) is 60.8 cm³/mol. The fraction of sp³-hybridized carbons (Fsp3) is 0.500. The van der Waals surface area contributed by atoms with Crippen molar-refractivity contribution in [1.29, 1.82) is 0 Å². The molecule has 1 aliphatic heterocycles. The number of rotatable bonds is 4. The molecule has 1 fully saturated rings. The summed E-state index contributed by atoms with van der Waals surface area (Å²) in [5.74, 6) is 0.480. The van der Waals surface area contributed by atoms with Crippen LogP contribution in [0.3, 0.4) is 0 Å². The van der Waals surface area contributed by atoms with Crippen LogP contribution in [0.5, 0.6) is 5.75 Å². The number of ether oxygens (including phenoxy) is 2. The lowest BCUT2D eigenvalue weighted by Gasteiger charge is -2.18. The standard InChI is InChI=1S/C12H16O6/c13-6-8(14)11-9(15)10(16)12(18-11)17-7-4-2-1-3-5-7/h1-5,8-16H,6H2/t8-,9-,10+,11-,12-/m1/s1. The number of para-hydroxylation sites is 1. The molecule has 0 aromatic heterocycles.